The topological polar surface area (TPSA) is 283 Å². The Morgan fingerprint density at radius 2 is 0.483 bits per heavy atom. The summed E-state index contributed by atoms with van der Waals surface area (Å²) in [6.07, 6.45) is 0. The van der Waals surface area contributed by atoms with Crippen molar-refractivity contribution in [1.29, 1.82) is 0 Å². The summed E-state index contributed by atoms with van der Waals surface area (Å²) >= 11 is 0. The van der Waals surface area contributed by atoms with Gasteiger partial charge in [-0.3, -0.25) is 40.5 Å². The number of halogens is 12. The Morgan fingerprint density at radius 3 is 0.569 bits per heavy atom. The van der Waals surface area contributed by atoms with E-state index in [1.165, 1.54) is 48.5 Å². The fourth-order valence-electron chi connectivity index (χ4n) is 3.17. The van der Waals surface area contributed by atoms with Gasteiger partial charge in [0.15, 0.2) is 0 Å². The number of aryl methyl sites for hydroxylation is 4. The molecule has 30 heteroatoms. The van der Waals surface area contributed by atoms with E-state index in [2.05, 4.69) is 22.9 Å². The van der Waals surface area contributed by atoms with E-state index in [0.717, 1.165) is 45.0 Å². The standard InChI is InChI=1S/4C7H8N2O2.2F6Si/c4*1-5-4-6(9(10)11)2-3-7(5)8;2*1-7(2,3,4,5)6/h4*2-4H,8H2,1H3;;/q;;;;2*-2/p+4. The third-order valence-corrected chi connectivity index (χ3v) is 6.15. The van der Waals surface area contributed by atoms with Crippen LogP contribution in [0.5, 0.6) is 0 Å². The summed E-state index contributed by atoms with van der Waals surface area (Å²) in [5.41, 5.74) is 22.0. The van der Waals surface area contributed by atoms with Crippen LogP contribution in [0, 0.1) is 68.2 Å². The van der Waals surface area contributed by atoms with Crippen LogP contribution in [0.4, 0.5) is 94.8 Å². The predicted molar refractivity (Wildman–Crippen MR) is 186 cm³/mol. The van der Waals surface area contributed by atoms with Gasteiger partial charge in [0.25, 0.3) is 22.7 Å². The molecule has 0 bridgehead atoms. The molecule has 0 aliphatic carbocycles. The summed E-state index contributed by atoms with van der Waals surface area (Å²) in [7, 11) is -21.7. The third-order valence-electron chi connectivity index (χ3n) is 6.15. The predicted octanol–water partition coefficient (Wildman–Crippen LogP) is 7.39. The Morgan fingerprint density at radius 1 is 0.362 bits per heavy atom. The first-order chi connectivity index (χ1) is 25.3. The van der Waals surface area contributed by atoms with E-state index >= 15 is 0 Å². The Balaban J connectivity index is 0. The Bertz CT molecular complexity index is 1850. The van der Waals surface area contributed by atoms with Gasteiger partial charge in [-0.15, -0.1) is 0 Å². The minimum absolute atomic E-state index is 0.120. The molecule has 0 aliphatic heterocycles. The first-order valence-corrected chi connectivity index (χ1v) is 19.5. The van der Waals surface area contributed by atoms with Crippen molar-refractivity contribution in [2.45, 2.75) is 27.7 Å². The molecular weight excluding hydrogens is 861 g/mol. The number of quaternary nitrogens is 4. The number of hydrogen-bond acceptors (Lipinski definition) is 8. The zero-order valence-electron chi connectivity index (χ0n) is 30.3. The van der Waals surface area contributed by atoms with Gasteiger partial charge in [-0.2, -0.15) is 0 Å². The monoisotopic (exact) mass is 896 g/mol. The minimum atomic E-state index is -10.8. The second kappa shape index (κ2) is 18.0. The van der Waals surface area contributed by atoms with Crippen LogP contribution >= 0.6 is 0 Å². The van der Waals surface area contributed by atoms with E-state index in [9.17, 15) is 89.8 Å². The second-order valence-corrected chi connectivity index (χ2v) is 15.9. The van der Waals surface area contributed by atoms with E-state index in [-0.39, 0.29) is 22.7 Å². The average Bonchev–Trinajstić information content (AvgIpc) is 3.00. The molecule has 4 aromatic rings. The molecule has 4 rings (SSSR count). The fourth-order valence-corrected chi connectivity index (χ4v) is 3.17. The molecule has 4 aromatic carbocycles. The van der Waals surface area contributed by atoms with Gasteiger partial charge in [0.2, 0.25) is 0 Å². The van der Waals surface area contributed by atoms with Crippen LogP contribution in [0.2, 0.25) is 0 Å². The van der Waals surface area contributed by atoms with E-state index < -0.39 is 37.0 Å². The average molecular weight is 897 g/mol. The molecule has 0 unspecified atom stereocenters. The maximum absolute atomic E-state index is 10.8. The molecule has 0 saturated heterocycles. The number of rotatable bonds is 4. The van der Waals surface area contributed by atoms with E-state index in [1.807, 2.05) is 0 Å². The molecule has 0 aliphatic rings. The molecule has 0 aromatic heterocycles. The van der Waals surface area contributed by atoms with E-state index in [0.29, 0.717) is 0 Å². The van der Waals surface area contributed by atoms with Crippen LogP contribution in [-0.4, -0.2) is 37.0 Å². The summed E-state index contributed by atoms with van der Waals surface area (Å²) in [5, 5.41) is 41.0. The molecule has 0 heterocycles. The van der Waals surface area contributed by atoms with E-state index in [4.69, 9.17) is 0 Å². The van der Waals surface area contributed by atoms with Crippen molar-refractivity contribution in [3.8, 4) is 0 Å². The summed E-state index contributed by atoms with van der Waals surface area (Å²) in [6.45, 7) is 7.20. The fraction of sp³-hybridized carbons (Fsp3) is 0.143. The number of benzene rings is 4. The Labute approximate surface area is 318 Å². The van der Waals surface area contributed by atoms with Gasteiger partial charge in [-0.1, -0.05) is 0 Å². The number of nitro benzene ring substituents is 4. The van der Waals surface area contributed by atoms with Crippen molar-refractivity contribution in [3.63, 3.8) is 0 Å². The zero-order chi connectivity index (χ0) is 46.5. The summed E-state index contributed by atoms with van der Waals surface area (Å²) in [4.78, 5) is 39.4. The number of nitrogens with zero attached hydrogens (tertiary/aromatic N) is 4. The molecule has 16 nitrogen and oxygen atoms in total. The maximum atomic E-state index is 10.2. The van der Waals surface area contributed by atoms with Crippen LogP contribution in [0.3, 0.4) is 0 Å². The van der Waals surface area contributed by atoms with Crippen molar-refractivity contribution in [1.82, 2.24) is 0 Å². The quantitative estimate of drug-likeness (QED) is 0.0525. The van der Waals surface area contributed by atoms with Crippen molar-refractivity contribution in [2.24, 2.45) is 0 Å². The van der Waals surface area contributed by atoms with E-state index in [1.54, 1.807) is 52.0 Å². The first kappa shape index (κ1) is 54.0. The third kappa shape index (κ3) is 31.2. The number of nitro groups is 4. The summed E-state index contributed by atoms with van der Waals surface area (Å²) in [6, 6.07) is 18.5. The number of non-ortho nitro benzene ring substituents is 4. The van der Waals surface area contributed by atoms with Gasteiger partial charge >= 0.3 is 66.6 Å². The summed E-state index contributed by atoms with van der Waals surface area (Å²) in [5.74, 6) is 0. The second-order valence-electron chi connectivity index (χ2n) is 11.6. The van der Waals surface area contributed by atoms with Crippen LogP contribution in [0.25, 0.3) is 0 Å². The van der Waals surface area contributed by atoms with Gasteiger partial charge in [-0.25, -0.2) is 0 Å². The molecule has 0 amide bonds. The molecule has 58 heavy (non-hydrogen) atoms. The van der Waals surface area contributed by atoms with Gasteiger partial charge in [0, 0.05) is 95.1 Å². The van der Waals surface area contributed by atoms with Crippen LogP contribution in [0.15, 0.2) is 72.8 Å². The van der Waals surface area contributed by atoms with Crippen molar-refractivity contribution >= 4 is 62.8 Å². The zero-order valence-corrected chi connectivity index (χ0v) is 32.3. The first-order valence-electron chi connectivity index (χ1n) is 15.0. The Hall–Kier alpha value is -6.09. The molecular formula is C28H36F12N8O8Si2. The van der Waals surface area contributed by atoms with Gasteiger partial charge in [0.1, 0.15) is 22.7 Å². The van der Waals surface area contributed by atoms with Gasteiger partial charge in [0.05, 0.1) is 19.7 Å². The van der Waals surface area contributed by atoms with Gasteiger partial charge in [-0.05, 0) is 27.7 Å². The molecule has 0 radical (unpaired) electrons. The number of hydrogen-bond donors (Lipinski definition) is 4. The normalized spacial score (nSPS) is 12.9. The van der Waals surface area contributed by atoms with Crippen molar-refractivity contribution in [3.05, 3.63) is 136 Å². The molecule has 0 atom stereocenters. The SMILES string of the molecule is Cc1cc([N+](=O)[O-])ccc1[NH3+].Cc1cc([N+](=O)[O-])ccc1[NH3+].Cc1cc([N+](=O)[O-])ccc1[NH3+].Cc1cc([N+](=O)[O-])ccc1[NH3+].F[Si-2](F)(F)(F)(F)F.F[Si-2](F)(F)(F)(F)F. The van der Waals surface area contributed by atoms with Crippen LogP contribution in [0.1, 0.15) is 22.3 Å². The molecule has 0 fully saturated rings. The van der Waals surface area contributed by atoms with Gasteiger partial charge < -0.3 is 22.9 Å². The Kier molecular flexibility index (Phi) is 16.8. The van der Waals surface area contributed by atoms with Crippen molar-refractivity contribution in [2.75, 3.05) is 0 Å². The van der Waals surface area contributed by atoms with Crippen LogP contribution < -0.4 is 22.9 Å². The molecule has 12 N–H and O–H groups in total. The molecule has 328 valence electrons. The summed E-state index contributed by atoms with van der Waals surface area (Å²) < 4.78 is 119. The molecule has 0 saturated carbocycles. The molecule has 0 spiro atoms. The van der Waals surface area contributed by atoms with Crippen LogP contribution in [-0.2, 0) is 0 Å². The van der Waals surface area contributed by atoms with Crippen molar-refractivity contribution < 1.29 is 91.9 Å².